The second-order valence-electron chi connectivity index (χ2n) is 6.45. The third-order valence-corrected chi connectivity index (χ3v) is 5.04. The highest BCUT2D eigenvalue weighted by Gasteiger charge is 2.20. The number of halogens is 2. The third-order valence-electron chi connectivity index (χ3n) is 4.67. The van der Waals surface area contributed by atoms with Crippen LogP contribution in [0.3, 0.4) is 0 Å². The zero-order valence-corrected chi connectivity index (χ0v) is 15.1. The Balaban J connectivity index is 1.47. The van der Waals surface area contributed by atoms with Gasteiger partial charge in [0.15, 0.2) is 0 Å². The molecule has 1 aliphatic carbocycles. The second-order valence-corrected chi connectivity index (χ2v) is 7.31. The van der Waals surface area contributed by atoms with Gasteiger partial charge in [0.1, 0.15) is 0 Å². The van der Waals surface area contributed by atoms with E-state index in [1.165, 1.54) is 11.1 Å². The molecule has 0 radical (unpaired) electrons. The van der Waals surface area contributed by atoms with Crippen LogP contribution in [-0.4, -0.2) is 54.3 Å². The maximum absolute atomic E-state index is 11.0. The lowest BCUT2D eigenvalue weighted by Crippen LogP contribution is -2.48. The van der Waals surface area contributed by atoms with Gasteiger partial charge in [-0.2, -0.15) is 0 Å². The van der Waals surface area contributed by atoms with Crippen LogP contribution in [0.2, 0.25) is 5.02 Å². The van der Waals surface area contributed by atoms with Crippen molar-refractivity contribution in [1.29, 1.82) is 0 Å². The van der Waals surface area contributed by atoms with Crippen molar-refractivity contribution in [2.24, 2.45) is 5.92 Å². The van der Waals surface area contributed by atoms with Gasteiger partial charge in [0.2, 0.25) is 5.24 Å². The van der Waals surface area contributed by atoms with Crippen molar-refractivity contribution < 1.29 is 4.79 Å². The normalized spacial score (nSPS) is 22.4. The molecule has 0 N–H and O–H groups in total. The maximum Gasteiger partial charge on any atom is 0.235 e. The third kappa shape index (κ3) is 4.93. The zero-order chi connectivity index (χ0) is 16.9. The van der Waals surface area contributed by atoms with Crippen molar-refractivity contribution in [2.75, 3.05) is 39.3 Å². The van der Waals surface area contributed by atoms with E-state index in [9.17, 15) is 4.79 Å². The lowest BCUT2D eigenvalue weighted by Gasteiger charge is -2.35. The fourth-order valence-electron chi connectivity index (χ4n) is 3.29. The first-order valence-corrected chi connectivity index (χ1v) is 9.13. The Morgan fingerprint density at radius 3 is 2.33 bits per heavy atom. The minimum absolute atomic E-state index is 0.265. The largest absolute Gasteiger partial charge is 0.300 e. The Morgan fingerprint density at radius 1 is 1.08 bits per heavy atom. The molecule has 1 heterocycles. The first kappa shape index (κ1) is 17.7. The maximum atomic E-state index is 11.0. The molecule has 0 amide bonds. The molecular formula is C19H22Cl2N2O. The van der Waals surface area contributed by atoms with E-state index < -0.39 is 0 Å². The van der Waals surface area contributed by atoms with Gasteiger partial charge in [0.25, 0.3) is 0 Å². The number of carbonyl (C=O) groups is 1. The highest BCUT2D eigenvalue weighted by atomic mass is 35.5. The summed E-state index contributed by atoms with van der Waals surface area (Å²) in [5, 5.41) is 0.505. The molecule has 24 heavy (non-hydrogen) atoms. The zero-order valence-electron chi connectivity index (χ0n) is 13.6. The summed E-state index contributed by atoms with van der Waals surface area (Å²) in [5.41, 5.74) is 2.49. The Kier molecular flexibility index (Phi) is 6.12. The molecule has 1 aromatic carbocycles. The molecule has 0 saturated carbocycles. The smallest absolute Gasteiger partial charge is 0.235 e. The van der Waals surface area contributed by atoms with E-state index in [1.807, 2.05) is 12.1 Å². The predicted octanol–water partition coefficient (Wildman–Crippen LogP) is 3.68. The minimum Gasteiger partial charge on any atom is -0.300 e. The summed E-state index contributed by atoms with van der Waals surface area (Å²) in [6.45, 7) is 5.28. The van der Waals surface area contributed by atoms with E-state index in [1.54, 1.807) is 0 Å². The van der Waals surface area contributed by atoms with Crippen molar-refractivity contribution in [3.63, 3.8) is 0 Å². The van der Waals surface area contributed by atoms with E-state index >= 15 is 0 Å². The molecule has 3 nitrogen and oxygen atoms in total. The number of hydrogen-bond acceptors (Lipinski definition) is 3. The second kappa shape index (κ2) is 8.30. The Bertz CT molecular complexity index is 631. The molecule has 2 aliphatic rings. The van der Waals surface area contributed by atoms with Gasteiger partial charge in [-0.3, -0.25) is 9.69 Å². The Morgan fingerprint density at radius 2 is 1.75 bits per heavy atom. The summed E-state index contributed by atoms with van der Waals surface area (Å²) >= 11 is 11.4. The average molecular weight is 365 g/mol. The molecule has 0 spiro atoms. The molecule has 1 atom stereocenters. The lowest BCUT2D eigenvalue weighted by atomic mass is 9.92. The summed E-state index contributed by atoms with van der Waals surface area (Å²) in [7, 11) is 0. The van der Waals surface area contributed by atoms with Gasteiger partial charge in [0.05, 0.1) is 6.54 Å². The van der Waals surface area contributed by atoms with Crippen molar-refractivity contribution in [3.8, 4) is 0 Å². The number of piperazine rings is 1. The van der Waals surface area contributed by atoms with Crippen LogP contribution in [0.1, 0.15) is 12.0 Å². The monoisotopic (exact) mass is 364 g/mol. The van der Waals surface area contributed by atoms with Crippen LogP contribution in [0, 0.1) is 5.92 Å². The molecule has 128 valence electrons. The van der Waals surface area contributed by atoms with Crippen molar-refractivity contribution in [1.82, 2.24) is 9.80 Å². The summed E-state index contributed by atoms with van der Waals surface area (Å²) < 4.78 is 0. The quantitative estimate of drug-likeness (QED) is 0.744. The fraction of sp³-hybridized carbons (Fsp3) is 0.421. The van der Waals surface area contributed by atoms with E-state index in [0.717, 1.165) is 44.2 Å². The van der Waals surface area contributed by atoms with Crippen LogP contribution in [0.25, 0.3) is 5.57 Å². The number of hydrogen-bond donors (Lipinski definition) is 0. The summed E-state index contributed by atoms with van der Waals surface area (Å²) in [6.07, 6.45) is 7.92. The number of rotatable bonds is 5. The van der Waals surface area contributed by atoms with Crippen LogP contribution in [0.4, 0.5) is 0 Å². The van der Waals surface area contributed by atoms with Crippen LogP contribution < -0.4 is 0 Å². The predicted molar refractivity (Wildman–Crippen MR) is 100 cm³/mol. The van der Waals surface area contributed by atoms with E-state index in [4.69, 9.17) is 23.2 Å². The van der Waals surface area contributed by atoms with Crippen LogP contribution in [-0.2, 0) is 4.79 Å². The molecule has 1 aliphatic heterocycles. The molecule has 1 fully saturated rings. The van der Waals surface area contributed by atoms with E-state index in [0.29, 0.717) is 12.5 Å². The average Bonchev–Trinajstić information content (AvgIpc) is 2.58. The topological polar surface area (TPSA) is 23.6 Å². The first-order chi connectivity index (χ1) is 11.6. The molecule has 0 aromatic heterocycles. The van der Waals surface area contributed by atoms with E-state index in [2.05, 4.69) is 40.2 Å². The van der Waals surface area contributed by atoms with E-state index in [-0.39, 0.29) is 5.24 Å². The van der Waals surface area contributed by atoms with Crippen LogP contribution in [0.5, 0.6) is 0 Å². The minimum atomic E-state index is -0.265. The molecule has 3 rings (SSSR count). The highest BCUT2D eigenvalue weighted by Crippen LogP contribution is 2.26. The number of benzene rings is 1. The van der Waals surface area contributed by atoms with Crippen molar-refractivity contribution in [2.45, 2.75) is 6.42 Å². The van der Waals surface area contributed by atoms with Gasteiger partial charge in [0, 0.05) is 37.7 Å². The Hall–Kier alpha value is -1.13. The van der Waals surface area contributed by atoms with Gasteiger partial charge < -0.3 is 4.90 Å². The van der Waals surface area contributed by atoms with Crippen LogP contribution >= 0.6 is 23.2 Å². The molecule has 1 unspecified atom stereocenters. The van der Waals surface area contributed by atoms with Crippen LogP contribution in [0.15, 0.2) is 42.5 Å². The Labute approximate surface area is 153 Å². The molecular weight excluding hydrogens is 343 g/mol. The molecule has 1 aromatic rings. The first-order valence-electron chi connectivity index (χ1n) is 8.37. The molecule has 5 heteroatoms. The number of allylic oxidation sites excluding steroid dienone is 3. The summed E-state index contributed by atoms with van der Waals surface area (Å²) in [5.74, 6) is 0.558. The number of nitrogens with zero attached hydrogens (tertiary/aromatic N) is 2. The van der Waals surface area contributed by atoms with Gasteiger partial charge in [-0.1, -0.05) is 42.0 Å². The SMILES string of the molecule is O=C(Cl)CN1CCN(CC2C=CC(c3ccc(Cl)cc3)=CC2)CC1. The van der Waals surface area contributed by atoms with Gasteiger partial charge >= 0.3 is 0 Å². The summed E-state index contributed by atoms with van der Waals surface area (Å²) in [6, 6.07) is 8.00. The van der Waals surface area contributed by atoms with Crippen molar-refractivity contribution in [3.05, 3.63) is 53.1 Å². The summed E-state index contributed by atoms with van der Waals surface area (Å²) in [4.78, 5) is 15.6. The molecule has 1 saturated heterocycles. The van der Waals surface area contributed by atoms with Crippen molar-refractivity contribution >= 4 is 34.0 Å². The highest BCUT2D eigenvalue weighted by molar-refractivity contribution is 6.64. The van der Waals surface area contributed by atoms with Gasteiger partial charge in [-0.05, 0) is 47.2 Å². The molecule has 0 bridgehead atoms. The lowest BCUT2D eigenvalue weighted by molar-refractivity contribution is -0.113. The van der Waals surface area contributed by atoms with Gasteiger partial charge in [-0.25, -0.2) is 0 Å². The standard InChI is InChI=1S/C19H22Cl2N2O/c20-18-7-5-17(6-8-18)16-3-1-15(2-4-16)13-22-9-11-23(12-10-22)14-19(21)24/h1,3-8,15H,2,9-14H2. The fourth-order valence-corrected chi connectivity index (χ4v) is 3.59. The van der Waals surface area contributed by atoms with Gasteiger partial charge in [-0.15, -0.1) is 0 Å². The number of carbonyl (C=O) groups excluding carboxylic acids is 1.